The molecule has 8 nitrogen and oxygen atoms in total. The maximum Gasteiger partial charge on any atom is 0.246 e. The van der Waals surface area contributed by atoms with Crippen molar-refractivity contribution in [3.63, 3.8) is 0 Å². The molecule has 24 heavy (non-hydrogen) atoms. The Morgan fingerprint density at radius 1 is 1.25 bits per heavy atom. The first kappa shape index (κ1) is 16.3. The number of nitrogens with one attached hydrogen (secondary N) is 1. The fourth-order valence-corrected chi connectivity index (χ4v) is 3.76. The van der Waals surface area contributed by atoms with E-state index in [4.69, 9.17) is 4.52 Å². The summed E-state index contributed by atoms with van der Waals surface area (Å²) < 4.78 is 34.0. The van der Waals surface area contributed by atoms with Gasteiger partial charge in [0.15, 0.2) is 5.76 Å². The van der Waals surface area contributed by atoms with Gasteiger partial charge in [0, 0.05) is 25.0 Å². The average molecular weight is 347 g/mol. The van der Waals surface area contributed by atoms with Crippen molar-refractivity contribution < 1.29 is 12.9 Å². The van der Waals surface area contributed by atoms with Gasteiger partial charge in [0.25, 0.3) is 0 Å². The fourth-order valence-electron chi connectivity index (χ4n) is 2.43. The van der Waals surface area contributed by atoms with Crippen LogP contribution in [0.2, 0.25) is 0 Å². The quantitative estimate of drug-likeness (QED) is 0.751. The van der Waals surface area contributed by atoms with E-state index in [9.17, 15) is 8.42 Å². The minimum absolute atomic E-state index is 0.0824. The summed E-state index contributed by atoms with van der Waals surface area (Å²) in [6, 6.07) is 5.53. The van der Waals surface area contributed by atoms with E-state index in [-0.39, 0.29) is 17.2 Å². The molecule has 9 heteroatoms. The summed E-state index contributed by atoms with van der Waals surface area (Å²) in [6.07, 6.45) is 3.37. The topological polar surface area (TPSA) is 103 Å². The molecule has 3 heterocycles. The summed E-state index contributed by atoms with van der Waals surface area (Å²) in [7, 11) is -1.94. The molecule has 3 aromatic rings. The molecule has 0 aliphatic heterocycles. The molecule has 0 aliphatic rings. The second-order valence-electron chi connectivity index (χ2n) is 5.36. The Kier molecular flexibility index (Phi) is 4.20. The molecule has 0 aromatic carbocycles. The van der Waals surface area contributed by atoms with E-state index in [0.29, 0.717) is 5.69 Å². The van der Waals surface area contributed by atoms with Gasteiger partial charge < -0.3 is 4.52 Å². The van der Waals surface area contributed by atoms with Crippen molar-refractivity contribution in [2.45, 2.75) is 25.3 Å². The van der Waals surface area contributed by atoms with Crippen LogP contribution < -0.4 is 4.72 Å². The van der Waals surface area contributed by atoms with Crippen LogP contribution in [0.3, 0.4) is 0 Å². The van der Waals surface area contributed by atoms with E-state index >= 15 is 0 Å². The summed E-state index contributed by atoms with van der Waals surface area (Å²) >= 11 is 0. The molecule has 3 aromatic heterocycles. The molecule has 1 N–H and O–H groups in total. The van der Waals surface area contributed by atoms with Crippen LogP contribution in [-0.4, -0.2) is 28.3 Å². The molecule has 0 radical (unpaired) electrons. The number of hydrogen-bond acceptors (Lipinski definition) is 6. The molecule has 0 aliphatic carbocycles. The van der Waals surface area contributed by atoms with Crippen molar-refractivity contribution in [1.82, 2.24) is 24.6 Å². The first-order valence-electron chi connectivity index (χ1n) is 7.24. The molecule has 0 atom stereocenters. The SMILES string of the molecule is Cc1noc(C)c1S(=O)(=O)NCc1cc(-c2ccncc2)nn1C. The summed E-state index contributed by atoms with van der Waals surface area (Å²) in [5.74, 6) is 0.266. The standard InChI is InChI=1S/C15H17N5O3S/c1-10-15(11(2)23-19-10)24(21,22)17-9-13-8-14(18-20(13)3)12-4-6-16-7-5-12/h4-8,17H,9H2,1-3H3. The van der Waals surface area contributed by atoms with Gasteiger partial charge in [-0.2, -0.15) is 5.10 Å². The van der Waals surface area contributed by atoms with Gasteiger partial charge in [-0.3, -0.25) is 9.67 Å². The number of aryl methyl sites for hydroxylation is 3. The normalized spacial score (nSPS) is 11.8. The van der Waals surface area contributed by atoms with E-state index in [1.807, 2.05) is 18.2 Å². The predicted molar refractivity (Wildman–Crippen MR) is 86.4 cm³/mol. The molecule has 0 amide bonds. The number of pyridine rings is 1. The Balaban J connectivity index is 1.82. The minimum atomic E-state index is -3.71. The van der Waals surface area contributed by atoms with Crippen LogP contribution in [0.4, 0.5) is 0 Å². The highest BCUT2D eigenvalue weighted by atomic mass is 32.2. The lowest BCUT2D eigenvalue weighted by Gasteiger charge is -2.06. The second kappa shape index (κ2) is 6.17. The molecular weight excluding hydrogens is 330 g/mol. The van der Waals surface area contributed by atoms with Crippen LogP contribution >= 0.6 is 0 Å². The van der Waals surface area contributed by atoms with Crippen LogP contribution in [-0.2, 0) is 23.6 Å². The van der Waals surface area contributed by atoms with Crippen LogP contribution in [0, 0.1) is 13.8 Å². The number of nitrogens with zero attached hydrogens (tertiary/aromatic N) is 4. The molecule has 0 saturated carbocycles. The smallest absolute Gasteiger partial charge is 0.246 e. The van der Waals surface area contributed by atoms with Crippen molar-refractivity contribution >= 4 is 10.0 Å². The van der Waals surface area contributed by atoms with Gasteiger partial charge in [-0.15, -0.1) is 0 Å². The Morgan fingerprint density at radius 3 is 2.58 bits per heavy atom. The van der Waals surface area contributed by atoms with E-state index in [0.717, 1.165) is 17.0 Å². The maximum absolute atomic E-state index is 12.4. The number of rotatable bonds is 5. The monoisotopic (exact) mass is 347 g/mol. The van der Waals surface area contributed by atoms with E-state index in [1.54, 1.807) is 38.0 Å². The zero-order valence-corrected chi connectivity index (χ0v) is 14.3. The maximum atomic E-state index is 12.4. The van der Waals surface area contributed by atoms with E-state index < -0.39 is 10.0 Å². The van der Waals surface area contributed by atoms with Gasteiger partial charge in [-0.25, -0.2) is 13.1 Å². The van der Waals surface area contributed by atoms with Crippen molar-refractivity contribution in [1.29, 1.82) is 0 Å². The summed E-state index contributed by atoms with van der Waals surface area (Å²) in [4.78, 5) is 4.06. The zero-order chi connectivity index (χ0) is 17.3. The Hall–Kier alpha value is -2.52. The predicted octanol–water partition coefficient (Wildman–Crippen LogP) is 1.57. The molecule has 3 rings (SSSR count). The molecule has 126 valence electrons. The first-order valence-corrected chi connectivity index (χ1v) is 8.72. The Bertz CT molecular complexity index is 941. The second-order valence-corrected chi connectivity index (χ2v) is 7.06. The largest absolute Gasteiger partial charge is 0.360 e. The lowest BCUT2D eigenvalue weighted by molar-refractivity contribution is 0.390. The fraction of sp³-hybridized carbons (Fsp3) is 0.267. The lowest BCUT2D eigenvalue weighted by atomic mass is 10.2. The van der Waals surface area contributed by atoms with Crippen LogP contribution in [0.15, 0.2) is 40.0 Å². The highest BCUT2D eigenvalue weighted by Crippen LogP contribution is 2.20. The number of aromatic nitrogens is 4. The molecule has 0 fully saturated rings. The van der Waals surface area contributed by atoms with Gasteiger partial charge in [0.2, 0.25) is 10.0 Å². The van der Waals surface area contributed by atoms with Gasteiger partial charge in [0.1, 0.15) is 10.6 Å². The third kappa shape index (κ3) is 3.08. The molecular formula is C15H17N5O3S. The van der Waals surface area contributed by atoms with Crippen LogP contribution in [0.25, 0.3) is 11.3 Å². The number of sulfonamides is 1. The molecule has 0 bridgehead atoms. The van der Waals surface area contributed by atoms with Crippen LogP contribution in [0.5, 0.6) is 0 Å². The highest BCUT2D eigenvalue weighted by molar-refractivity contribution is 7.89. The number of hydrogen-bond donors (Lipinski definition) is 1. The highest BCUT2D eigenvalue weighted by Gasteiger charge is 2.24. The third-order valence-electron chi connectivity index (χ3n) is 3.63. The summed E-state index contributed by atoms with van der Waals surface area (Å²) in [5, 5.41) is 8.08. The Labute approximate surface area is 139 Å². The van der Waals surface area contributed by atoms with Gasteiger partial charge in [-0.05, 0) is 32.0 Å². The zero-order valence-electron chi connectivity index (χ0n) is 13.5. The van der Waals surface area contributed by atoms with Gasteiger partial charge in [-0.1, -0.05) is 5.16 Å². The molecule has 0 unspecified atom stereocenters. The minimum Gasteiger partial charge on any atom is -0.360 e. The van der Waals surface area contributed by atoms with Crippen molar-refractivity contribution in [2.24, 2.45) is 7.05 Å². The van der Waals surface area contributed by atoms with Gasteiger partial charge >= 0.3 is 0 Å². The van der Waals surface area contributed by atoms with Crippen molar-refractivity contribution in [2.75, 3.05) is 0 Å². The average Bonchev–Trinajstić information content (AvgIpc) is 3.09. The lowest BCUT2D eigenvalue weighted by Crippen LogP contribution is -2.25. The van der Waals surface area contributed by atoms with E-state index in [2.05, 4.69) is 20.0 Å². The first-order chi connectivity index (χ1) is 11.4. The Morgan fingerprint density at radius 2 is 1.96 bits per heavy atom. The summed E-state index contributed by atoms with van der Waals surface area (Å²) in [5.41, 5.74) is 2.74. The molecule has 0 saturated heterocycles. The van der Waals surface area contributed by atoms with Gasteiger partial charge in [0.05, 0.1) is 17.9 Å². The van der Waals surface area contributed by atoms with Crippen LogP contribution in [0.1, 0.15) is 17.1 Å². The summed E-state index contributed by atoms with van der Waals surface area (Å²) in [6.45, 7) is 3.28. The van der Waals surface area contributed by atoms with Crippen molar-refractivity contribution in [3.8, 4) is 11.3 Å². The third-order valence-corrected chi connectivity index (χ3v) is 5.28. The van der Waals surface area contributed by atoms with E-state index in [1.165, 1.54) is 0 Å². The molecule has 0 spiro atoms. The van der Waals surface area contributed by atoms with Crippen molar-refractivity contribution in [3.05, 3.63) is 47.7 Å².